The third-order valence-electron chi connectivity index (χ3n) is 4.18. The highest BCUT2D eigenvalue weighted by molar-refractivity contribution is 8.76. The molecule has 0 bridgehead atoms. The number of amides is 2. The van der Waals surface area contributed by atoms with Crippen molar-refractivity contribution < 1.29 is 38.5 Å². The third-order valence-corrected chi connectivity index (χ3v) is 6.63. The van der Waals surface area contributed by atoms with Gasteiger partial charge in [0.05, 0.1) is 31.1 Å². The summed E-state index contributed by atoms with van der Waals surface area (Å²) in [6.07, 6.45) is -1.38. The maximum Gasteiger partial charge on any atom is 0.408 e. The third kappa shape index (κ3) is 11.3. The van der Waals surface area contributed by atoms with E-state index in [2.05, 4.69) is 10.6 Å². The van der Waals surface area contributed by atoms with Crippen LogP contribution in [0.2, 0.25) is 0 Å². The molecule has 2 amide bonds. The van der Waals surface area contributed by atoms with Gasteiger partial charge in [0, 0.05) is 11.5 Å². The summed E-state index contributed by atoms with van der Waals surface area (Å²) in [5.41, 5.74) is -1.41. The fourth-order valence-corrected chi connectivity index (χ4v) is 5.20. The van der Waals surface area contributed by atoms with Crippen LogP contribution >= 0.6 is 21.6 Å². The van der Waals surface area contributed by atoms with Crippen LogP contribution in [0.25, 0.3) is 0 Å². The van der Waals surface area contributed by atoms with Crippen LogP contribution in [-0.2, 0) is 23.8 Å². The highest BCUT2D eigenvalue weighted by atomic mass is 33.1. The predicted octanol–water partition coefficient (Wildman–Crippen LogP) is 2.52. The minimum Gasteiger partial charge on any atom is -0.464 e. The van der Waals surface area contributed by atoms with E-state index < -0.39 is 53.3 Å². The van der Waals surface area contributed by atoms with Gasteiger partial charge in [0.25, 0.3) is 0 Å². The maximum atomic E-state index is 12.2. The molecule has 1 aliphatic carbocycles. The van der Waals surface area contributed by atoms with Crippen LogP contribution in [0.5, 0.6) is 0 Å². The van der Waals surface area contributed by atoms with E-state index in [1.807, 2.05) is 0 Å². The second-order valence-electron chi connectivity index (χ2n) is 9.49. The van der Waals surface area contributed by atoms with Crippen molar-refractivity contribution in [3.05, 3.63) is 0 Å². The number of aliphatic hydroxyl groups is 1. The first-order valence-electron chi connectivity index (χ1n) is 10.7. The number of hydrogen-bond donors (Lipinski definition) is 3. The van der Waals surface area contributed by atoms with Crippen molar-refractivity contribution in [3.8, 4) is 0 Å². The van der Waals surface area contributed by atoms with E-state index in [-0.39, 0.29) is 24.7 Å². The largest absolute Gasteiger partial charge is 0.464 e. The molecule has 1 rings (SSSR count). The topological polar surface area (TPSA) is 140 Å². The van der Waals surface area contributed by atoms with Gasteiger partial charge in [0.15, 0.2) is 0 Å². The van der Waals surface area contributed by atoms with E-state index >= 15 is 0 Å². The first-order chi connectivity index (χ1) is 15.2. The van der Waals surface area contributed by atoms with Crippen molar-refractivity contribution in [2.24, 2.45) is 11.8 Å². The molecule has 1 saturated carbocycles. The van der Waals surface area contributed by atoms with Gasteiger partial charge in [-0.2, -0.15) is 0 Å². The van der Waals surface area contributed by atoms with Gasteiger partial charge in [0.1, 0.15) is 23.0 Å². The molecular weight excluding hydrogens is 472 g/mol. The lowest BCUT2D eigenvalue weighted by atomic mass is 10.2. The quantitative estimate of drug-likeness (QED) is 0.165. The zero-order valence-electron chi connectivity index (χ0n) is 20.3. The van der Waals surface area contributed by atoms with Crippen LogP contribution in [-0.4, -0.2) is 77.1 Å². The first kappa shape index (κ1) is 29.4. The molecule has 12 heteroatoms. The number of carbonyl (C=O) groups is 4. The molecule has 0 aromatic heterocycles. The molecule has 0 spiro atoms. The van der Waals surface area contributed by atoms with Crippen LogP contribution in [0, 0.1) is 11.8 Å². The summed E-state index contributed by atoms with van der Waals surface area (Å²) in [5, 5.41) is 14.6. The van der Waals surface area contributed by atoms with Gasteiger partial charge in [0.2, 0.25) is 0 Å². The van der Waals surface area contributed by atoms with Gasteiger partial charge < -0.3 is 30.0 Å². The summed E-state index contributed by atoms with van der Waals surface area (Å²) in [7, 11) is 2.60. The van der Waals surface area contributed by atoms with Crippen molar-refractivity contribution in [2.45, 2.75) is 71.8 Å². The molecule has 190 valence electrons. The number of ether oxygens (including phenoxy) is 3. The Morgan fingerprint density at radius 2 is 1.48 bits per heavy atom. The minimum atomic E-state index is -0.928. The lowest BCUT2D eigenvalue weighted by molar-refractivity contribution is -0.145. The van der Waals surface area contributed by atoms with Crippen molar-refractivity contribution in [2.75, 3.05) is 24.7 Å². The molecule has 1 aliphatic rings. The number of aliphatic hydroxyl groups excluding tert-OH is 1. The molecule has 1 fully saturated rings. The van der Waals surface area contributed by atoms with Gasteiger partial charge in [-0.05, 0) is 48.5 Å². The number of carbonyl (C=O) groups excluding carboxylic acids is 4. The van der Waals surface area contributed by atoms with Crippen LogP contribution in [0.4, 0.5) is 9.59 Å². The monoisotopic (exact) mass is 508 g/mol. The fraction of sp³-hybridized carbons (Fsp3) is 0.810. The number of ketones is 1. The summed E-state index contributed by atoms with van der Waals surface area (Å²) in [6.45, 7) is 11.9. The molecule has 0 aromatic rings. The Hall–Kier alpha value is -1.66. The van der Waals surface area contributed by atoms with E-state index in [9.17, 15) is 24.3 Å². The van der Waals surface area contributed by atoms with Crippen molar-refractivity contribution in [1.29, 1.82) is 0 Å². The summed E-state index contributed by atoms with van der Waals surface area (Å²) >= 11 is 0. The van der Waals surface area contributed by atoms with Gasteiger partial charge in [-0.25, -0.2) is 14.4 Å². The summed E-state index contributed by atoms with van der Waals surface area (Å²) in [5.74, 6) is -1.17. The number of Topliss-reactive ketones (excluding diaryl/α,β-unsaturated/α-hetero) is 1. The zero-order chi connectivity index (χ0) is 25.4. The zero-order valence-corrected chi connectivity index (χ0v) is 21.9. The second kappa shape index (κ2) is 12.7. The van der Waals surface area contributed by atoms with E-state index in [1.54, 1.807) is 48.5 Å². The van der Waals surface area contributed by atoms with Crippen LogP contribution < -0.4 is 10.6 Å². The molecule has 0 heterocycles. The van der Waals surface area contributed by atoms with E-state index in [0.29, 0.717) is 5.75 Å². The molecule has 0 aromatic carbocycles. The number of esters is 1. The lowest BCUT2D eigenvalue weighted by Gasteiger charge is -2.24. The van der Waals surface area contributed by atoms with E-state index in [1.165, 1.54) is 21.6 Å². The number of alkyl carbamates (subject to hydrolysis) is 2. The molecule has 0 aliphatic heterocycles. The van der Waals surface area contributed by atoms with E-state index in [4.69, 9.17) is 14.2 Å². The first-order valence-corrected chi connectivity index (χ1v) is 13.2. The number of hydrogen-bond acceptors (Lipinski definition) is 10. The Morgan fingerprint density at radius 1 is 0.970 bits per heavy atom. The van der Waals surface area contributed by atoms with Gasteiger partial charge in [-0.1, -0.05) is 21.6 Å². The highest BCUT2D eigenvalue weighted by Crippen LogP contribution is 2.39. The lowest BCUT2D eigenvalue weighted by Crippen LogP contribution is -2.45. The van der Waals surface area contributed by atoms with Gasteiger partial charge >= 0.3 is 18.2 Å². The average Bonchev–Trinajstić information content (AvgIpc) is 3.29. The van der Waals surface area contributed by atoms with Crippen molar-refractivity contribution >= 4 is 45.5 Å². The standard InChI is InChI=1S/C21H36N2O8S2/c1-8-29-17(26)14(23-19(28)31-21(5,6)7)11-33-32-10-13(15-12(9-24)16(15)25)22-18(27)30-20(2,3)4/h12-15,24H,8-11H2,1-7H3,(H,22,27)(H,23,28)/t12?,13-,14-,15?/m0/s1. The van der Waals surface area contributed by atoms with Crippen molar-refractivity contribution in [1.82, 2.24) is 10.6 Å². The molecular formula is C21H36N2O8S2. The SMILES string of the molecule is CCOC(=O)[C@H](CSSC[C@H](NC(=O)OC(C)(C)C)C1C(=O)C1CO)NC(=O)OC(C)(C)C. The summed E-state index contributed by atoms with van der Waals surface area (Å²) in [4.78, 5) is 48.5. The molecule has 0 saturated heterocycles. The molecule has 10 nitrogen and oxygen atoms in total. The molecule has 0 radical (unpaired) electrons. The molecule has 4 atom stereocenters. The van der Waals surface area contributed by atoms with Crippen LogP contribution in [0.15, 0.2) is 0 Å². The Labute approximate surface area is 203 Å². The Kier molecular flexibility index (Phi) is 11.3. The van der Waals surface area contributed by atoms with Crippen molar-refractivity contribution in [3.63, 3.8) is 0 Å². The Morgan fingerprint density at radius 3 is 1.94 bits per heavy atom. The van der Waals surface area contributed by atoms with Gasteiger partial charge in [-0.15, -0.1) is 0 Å². The minimum absolute atomic E-state index is 0.111. The highest BCUT2D eigenvalue weighted by Gasteiger charge is 2.53. The van der Waals surface area contributed by atoms with E-state index in [0.717, 1.165) is 0 Å². The number of rotatable bonds is 11. The second-order valence-corrected chi connectivity index (χ2v) is 12.0. The summed E-state index contributed by atoms with van der Waals surface area (Å²) in [6, 6.07) is -1.47. The smallest absolute Gasteiger partial charge is 0.408 e. The molecule has 2 unspecified atom stereocenters. The predicted molar refractivity (Wildman–Crippen MR) is 127 cm³/mol. The Bertz CT molecular complexity index is 705. The van der Waals surface area contributed by atoms with Crippen LogP contribution in [0.3, 0.4) is 0 Å². The fourth-order valence-electron chi connectivity index (χ4n) is 2.79. The van der Waals surface area contributed by atoms with Crippen LogP contribution in [0.1, 0.15) is 48.5 Å². The summed E-state index contributed by atoms with van der Waals surface area (Å²) < 4.78 is 15.5. The molecule has 3 N–H and O–H groups in total. The number of nitrogens with one attached hydrogen (secondary N) is 2. The Balaban J connectivity index is 2.67. The molecule has 33 heavy (non-hydrogen) atoms. The normalized spacial score (nSPS) is 19.8. The maximum absolute atomic E-state index is 12.2. The van der Waals surface area contributed by atoms with Gasteiger partial charge in [-0.3, -0.25) is 4.79 Å². The average molecular weight is 509 g/mol.